The molecule has 0 saturated heterocycles. The molecule has 1 N–H and O–H groups in total. The molecular formula is C25H27F3N4O2. The van der Waals surface area contributed by atoms with Gasteiger partial charge >= 0.3 is 6.18 Å². The summed E-state index contributed by atoms with van der Waals surface area (Å²) in [6, 6.07) is 13.8. The number of hydrogen-bond acceptors (Lipinski definition) is 3. The van der Waals surface area contributed by atoms with Crippen molar-refractivity contribution in [1.29, 1.82) is 0 Å². The molecule has 1 heterocycles. The van der Waals surface area contributed by atoms with Crippen molar-refractivity contribution in [2.24, 2.45) is 5.92 Å². The summed E-state index contributed by atoms with van der Waals surface area (Å²) in [5.41, 5.74) is 0.958. The molecule has 0 fully saturated rings. The van der Waals surface area contributed by atoms with E-state index in [0.29, 0.717) is 17.9 Å². The molecule has 3 rings (SSSR count). The van der Waals surface area contributed by atoms with Crippen molar-refractivity contribution in [2.75, 3.05) is 18.4 Å². The van der Waals surface area contributed by atoms with Crippen LogP contribution in [0, 0.1) is 5.92 Å². The lowest BCUT2D eigenvalue weighted by Gasteiger charge is -2.23. The number of anilines is 1. The third-order valence-corrected chi connectivity index (χ3v) is 5.07. The van der Waals surface area contributed by atoms with Gasteiger partial charge in [-0.15, -0.1) is 0 Å². The fourth-order valence-corrected chi connectivity index (χ4v) is 3.48. The zero-order valence-electron chi connectivity index (χ0n) is 19.3. The highest BCUT2D eigenvalue weighted by molar-refractivity contribution is 5.93. The van der Waals surface area contributed by atoms with Crippen LogP contribution in [0.5, 0.6) is 0 Å². The molecule has 6 nitrogen and oxygen atoms in total. The summed E-state index contributed by atoms with van der Waals surface area (Å²) in [5, 5.41) is 2.72. The molecule has 0 radical (unpaired) electrons. The van der Waals surface area contributed by atoms with Gasteiger partial charge in [0, 0.05) is 30.4 Å². The Morgan fingerprint density at radius 1 is 1.06 bits per heavy atom. The van der Waals surface area contributed by atoms with Gasteiger partial charge in [0.1, 0.15) is 0 Å². The summed E-state index contributed by atoms with van der Waals surface area (Å²) in [6.45, 7) is 5.93. The monoisotopic (exact) mass is 472 g/mol. The molecule has 0 atom stereocenters. The standard InChI is InChI=1S/C25H27F3N4O2/c1-4-23(34)31(14-17(2)3)16-22(33)30-24-29-21(18-8-6-5-7-9-18)15-32(24)20-12-10-19(11-13-20)25(26,27)28/h5-13,15,17H,4,14,16H2,1-3H3,(H,29,30,33). The first-order chi connectivity index (χ1) is 16.1. The fourth-order valence-electron chi connectivity index (χ4n) is 3.48. The van der Waals surface area contributed by atoms with E-state index in [0.717, 1.165) is 17.7 Å². The van der Waals surface area contributed by atoms with Crippen molar-refractivity contribution >= 4 is 17.8 Å². The van der Waals surface area contributed by atoms with Crippen molar-refractivity contribution in [2.45, 2.75) is 33.4 Å². The molecule has 2 amide bonds. The molecule has 0 saturated carbocycles. The Bertz CT molecular complexity index is 1120. The number of rotatable bonds is 8. The average Bonchev–Trinajstić information content (AvgIpc) is 3.21. The average molecular weight is 473 g/mol. The summed E-state index contributed by atoms with van der Waals surface area (Å²) in [4.78, 5) is 31.1. The van der Waals surface area contributed by atoms with Crippen LogP contribution in [0.1, 0.15) is 32.8 Å². The third kappa shape index (κ3) is 6.24. The van der Waals surface area contributed by atoms with Crippen LogP contribution < -0.4 is 5.32 Å². The Hall–Kier alpha value is -3.62. The Labute approximate surface area is 196 Å². The van der Waals surface area contributed by atoms with Crippen LogP contribution in [0.2, 0.25) is 0 Å². The lowest BCUT2D eigenvalue weighted by atomic mass is 10.2. The number of hydrogen-bond donors (Lipinski definition) is 1. The molecular weight excluding hydrogens is 445 g/mol. The molecule has 9 heteroatoms. The lowest BCUT2D eigenvalue weighted by Crippen LogP contribution is -2.40. The van der Waals surface area contributed by atoms with Gasteiger partial charge in [-0.25, -0.2) is 4.98 Å². The number of halogens is 3. The van der Waals surface area contributed by atoms with Crippen molar-refractivity contribution in [1.82, 2.24) is 14.5 Å². The third-order valence-electron chi connectivity index (χ3n) is 5.07. The first kappa shape index (κ1) is 25.0. The predicted molar refractivity (Wildman–Crippen MR) is 124 cm³/mol. The molecule has 180 valence electrons. The highest BCUT2D eigenvalue weighted by Gasteiger charge is 2.30. The number of nitrogens with zero attached hydrogens (tertiary/aromatic N) is 3. The molecule has 3 aromatic rings. The van der Waals surface area contributed by atoms with Crippen LogP contribution in [0.3, 0.4) is 0 Å². The second kappa shape index (κ2) is 10.5. The molecule has 1 aromatic heterocycles. The van der Waals surface area contributed by atoms with Gasteiger partial charge in [-0.05, 0) is 30.2 Å². The normalized spacial score (nSPS) is 11.5. The molecule has 0 aliphatic rings. The van der Waals surface area contributed by atoms with Crippen LogP contribution >= 0.6 is 0 Å². The number of aromatic nitrogens is 2. The van der Waals surface area contributed by atoms with Gasteiger partial charge in [0.05, 0.1) is 17.8 Å². The fraction of sp³-hybridized carbons (Fsp3) is 0.320. The van der Waals surface area contributed by atoms with Gasteiger partial charge in [-0.1, -0.05) is 51.1 Å². The highest BCUT2D eigenvalue weighted by atomic mass is 19.4. The smallest absolute Gasteiger partial charge is 0.333 e. The number of imidazole rings is 1. The first-order valence-electron chi connectivity index (χ1n) is 11.0. The molecule has 0 spiro atoms. The SMILES string of the molecule is CCC(=O)N(CC(=O)Nc1nc(-c2ccccc2)cn1-c1ccc(C(F)(F)F)cc1)CC(C)C. The van der Waals surface area contributed by atoms with Crippen molar-refractivity contribution in [3.8, 4) is 16.9 Å². The van der Waals surface area contributed by atoms with Gasteiger partial charge in [0.25, 0.3) is 0 Å². The van der Waals surface area contributed by atoms with Crippen LogP contribution in [-0.2, 0) is 15.8 Å². The minimum atomic E-state index is -4.45. The van der Waals surface area contributed by atoms with E-state index in [9.17, 15) is 22.8 Å². The molecule has 0 aliphatic carbocycles. The minimum Gasteiger partial charge on any atom is -0.333 e. The van der Waals surface area contributed by atoms with Gasteiger partial charge in [0.2, 0.25) is 17.8 Å². The second-order valence-corrected chi connectivity index (χ2v) is 8.30. The number of carbonyl (C=O) groups excluding carboxylic acids is 2. The predicted octanol–water partition coefficient (Wildman–Crippen LogP) is 5.39. The summed E-state index contributed by atoms with van der Waals surface area (Å²) < 4.78 is 40.5. The van der Waals surface area contributed by atoms with Crippen molar-refractivity contribution < 1.29 is 22.8 Å². The zero-order valence-corrected chi connectivity index (χ0v) is 19.3. The second-order valence-electron chi connectivity index (χ2n) is 8.30. The Kier molecular flexibility index (Phi) is 7.75. The van der Waals surface area contributed by atoms with Crippen molar-refractivity contribution in [3.05, 3.63) is 66.4 Å². The largest absolute Gasteiger partial charge is 0.416 e. The van der Waals surface area contributed by atoms with Crippen LogP contribution in [0.4, 0.5) is 19.1 Å². The van der Waals surface area contributed by atoms with E-state index < -0.39 is 17.6 Å². The maximum absolute atomic E-state index is 13.0. The van der Waals surface area contributed by atoms with E-state index >= 15 is 0 Å². The summed E-state index contributed by atoms with van der Waals surface area (Å²) in [6.07, 6.45) is -2.53. The maximum Gasteiger partial charge on any atom is 0.416 e. The van der Waals surface area contributed by atoms with Crippen LogP contribution in [0.15, 0.2) is 60.8 Å². The number of amides is 2. The number of benzene rings is 2. The maximum atomic E-state index is 13.0. The molecule has 0 bridgehead atoms. The Balaban J connectivity index is 1.93. The lowest BCUT2D eigenvalue weighted by molar-refractivity contribution is -0.137. The van der Waals surface area contributed by atoms with E-state index in [1.807, 2.05) is 44.2 Å². The van der Waals surface area contributed by atoms with Gasteiger partial charge < -0.3 is 4.90 Å². The van der Waals surface area contributed by atoms with Gasteiger partial charge in [-0.3, -0.25) is 19.5 Å². The van der Waals surface area contributed by atoms with Gasteiger partial charge in [-0.2, -0.15) is 13.2 Å². The van der Waals surface area contributed by atoms with Gasteiger partial charge in [0.15, 0.2) is 0 Å². The zero-order chi connectivity index (χ0) is 24.9. The van der Waals surface area contributed by atoms with E-state index in [1.54, 1.807) is 13.1 Å². The summed E-state index contributed by atoms with van der Waals surface area (Å²) in [7, 11) is 0. The summed E-state index contributed by atoms with van der Waals surface area (Å²) in [5.74, 6) is -0.250. The number of carbonyl (C=O) groups is 2. The van der Waals surface area contributed by atoms with Crippen LogP contribution in [-0.4, -0.2) is 39.4 Å². The van der Waals surface area contributed by atoms with E-state index in [-0.39, 0.29) is 30.7 Å². The van der Waals surface area contributed by atoms with Crippen molar-refractivity contribution in [3.63, 3.8) is 0 Å². The Morgan fingerprint density at radius 3 is 2.26 bits per heavy atom. The molecule has 2 aromatic carbocycles. The van der Waals surface area contributed by atoms with E-state index in [4.69, 9.17) is 0 Å². The van der Waals surface area contributed by atoms with Crippen LogP contribution in [0.25, 0.3) is 16.9 Å². The first-order valence-corrected chi connectivity index (χ1v) is 11.0. The quantitative estimate of drug-likeness (QED) is 0.478. The Morgan fingerprint density at radius 2 is 1.71 bits per heavy atom. The van der Waals surface area contributed by atoms with E-state index in [1.165, 1.54) is 21.6 Å². The van der Waals surface area contributed by atoms with E-state index in [2.05, 4.69) is 10.3 Å². The number of nitrogens with one attached hydrogen (secondary N) is 1. The molecule has 0 aliphatic heterocycles. The number of alkyl halides is 3. The topological polar surface area (TPSA) is 67.2 Å². The molecule has 0 unspecified atom stereocenters. The highest BCUT2D eigenvalue weighted by Crippen LogP contribution is 2.31. The minimum absolute atomic E-state index is 0.139. The molecule has 34 heavy (non-hydrogen) atoms. The summed E-state index contributed by atoms with van der Waals surface area (Å²) >= 11 is 0.